The highest BCUT2D eigenvalue weighted by atomic mass is 32.1. The highest BCUT2D eigenvalue weighted by Gasteiger charge is 2.15. The van der Waals surface area contributed by atoms with Crippen molar-refractivity contribution >= 4 is 63.8 Å². The molecule has 0 atom stereocenters. The molecule has 6 aromatic carbocycles. The van der Waals surface area contributed by atoms with Crippen LogP contribution in [-0.4, -0.2) is 0 Å². The van der Waals surface area contributed by atoms with E-state index in [0.29, 0.717) is 0 Å². The van der Waals surface area contributed by atoms with Gasteiger partial charge in [-0.2, -0.15) is 0 Å². The van der Waals surface area contributed by atoms with Crippen molar-refractivity contribution < 1.29 is 0 Å². The lowest BCUT2D eigenvalue weighted by Crippen LogP contribution is -1.88. The molecule has 7 aromatic rings. The van der Waals surface area contributed by atoms with Crippen LogP contribution in [0.3, 0.4) is 0 Å². The van der Waals surface area contributed by atoms with E-state index in [9.17, 15) is 0 Å². The molecule has 0 aliphatic carbocycles. The summed E-state index contributed by atoms with van der Waals surface area (Å²) in [7, 11) is 0. The summed E-state index contributed by atoms with van der Waals surface area (Å²) in [6, 6.07) is 33.8. The molecule has 0 N–H and O–H groups in total. The summed E-state index contributed by atoms with van der Waals surface area (Å²) < 4.78 is 2.73. The maximum atomic E-state index is 2.32. The van der Waals surface area contributed by atoms with E-state index in [-0.39, 0.29) is 0 Å². The Labute approximate surface area is 178 Å². The number of thiophene rings is 1. The van der Waals surface area contributed by atoms with Gasteiger partial charge in [0.15, 0.2) is 0 Å². The second-order valence-electron chi connectivity index (χ2n) is 8.20. The molecule has 0 fully saturated rings. The third-order valence-corrected chi connectivity index (χ3v) is 7.80. The van der Waals surface area contributed by atoms with Gasteiger partial charge < -0.3 is 0 Å². The molecule has 0 spiro atoms. The lowest BCUT2D eigenvalue weighted by molar-refractivity contribution is 1.55. The van der Waals surface area contributed by atoms with Gasteiger partial charge in [0.1, 0.15) is 0 Å². The Morgan fingerprint density at radius 1 is 0.500 bits per heavy atom. The molecular weight excluding hydrogens is 380 g/mol. The molecule has 0 aliphatic heterocycles. The first-order chi connectivity index (χ1) is 14.8. The van der Waals surface area contributed by atoms with Crippen LogP contribution in [0.15, 0.2) is 91.0 Å². The van der Waals surface area contributed by atoms with Crippen LogP contribution in [0.25, 0.3) is 63.6 Å². The second-order valence-corrected chi connectivity index (χ2v) is 9.25. The van der Waals surface area contributed by atoms with E-state index in [0.717, 1.165) is 0 Å². The van der Waals surface area contributed by atoms with Gasteiger partial charge in [-0.3, -0.25) is 0 Å². The summed E-state index contributed by atoms with van der Waals surface area (Å²) in [5, 5.41) is 10.9. The van der Waals surface area contributed by atoms with Crippen molar-refractivity contribution in [3.8, 4) is 11.1 Å². The monoisotopic (exact) mass is 398 g/mol. The standard InChI is InChI=1S/C29H18S/c1-17-9-10-18-13-16-23-21(15-12-19-11-14-20(17)27(18)28(19)23)24-6-4-7-25-22-5-2-3-8-26(22)30-29(24)25/h2-16H,1H3. The maximum Gasteiger partial charge on any atom is 0.0434 e. The van der Waals surface area contributed by atoms with Crippen molar-refractivity contribution in [1.82, 2.24) is 0 Å². The summed E-state index contributed by atoms with van der Waals surface area (Å²) >= 11 is 1.91. The number of aryl methyl sites for hydroxylation is 1. The first-order valence-electron chi connectivity index (χ1n) is 10.4. The molecule has 0 unspecified atom stereocenters. The molecule has 0 bridgehead atoms. The van der Waals surface area contributed by atoms with E-state index >= 15 is 0 Å². The van der Waals surface area contributed by atoms with Crippen LogP contribution in [0.4, 0.5) is 0 Å². The third kappa shape index (κ3) is 2.05. The average molecular weight is 399 g/mol. The minimum Gasteiger partial charge on any atom is -0.135 e. The van der Waals surface area contributed by atoms with E-state index in [2.05, 4.69) is 97.9 Å². The van der Waals surface area contributed by atoms with Crippen LogP contribution in [0.5, 0.6) is 0 Å². The van der Waals surface area contributed by atoms with Crippen molar-refractivity contribution in [2.45, 2.75) is 6.92 Å². The molecule has 0 amide bonds. The highest BCUT2D eigenvalue weighted by molar-refractivity contribution is 7.26. The molecular formula is C29H18S. The summed E-state index contributed by atoms with van der Waals surface area (Å²) in [6.07, 6.45) is 0. The Morgan fingerprint density at radius 2 is 1.20 bits per heavy atom. The van der Waals surface area contributed by atoms with E-state index < -0.39 is 0 Å². The molecule has 1 aromatic heterocycles. The fourth-order valence-electron chi connectivity index (χ4n) is 5.14. The first kappa shape index (κ1) is 16.4. The van der Waals surface area contributed by atoms with Gasteiger partial charge in [-0.25, -0.2) is 0 Å². The predicted octanol–water partition coefficient (Wildman–Crippen LogP) is 8.93. The maximum absolute atomic E-state index is 2.32. The van der Waals surface area contributed by atoms with Crippen molar-refractivity contribution in [3.05, 3.63) is 96.6 Å². The predicted molar refractivity (Wildman–Crippen MR) is 133 cm³/mol. The van der Waals surface area contributed by atoms with Crippen molar-refractivity contribution in [2.24, 2.45) is 0 Å². The van der Waals surface area contributed by atoms with Gasteiger partial charge in [0.05, 0.1) is 0 Å². The van der Waals surface area contributed by atoms with Gasteiger partial charge in [0.2, 0.25) is 0 Å². The lowest BCUT2D eigenvalue weighted by Gasteiger charge is -2.15. The van der Waals surface area contributed by atoms with E-state index in [1.165, 1.54) is 69.2 Å². The molecule has 1 heterocycles. The van der Waals surface area contributed by atoms with Gasteiger partial charge in [0, 0.05) is 25.7 Å². The largest absolute Gasteiger partial charge is 0.135 e. The van der Waals surface area contributed by atoms with Crippen molar-refractivity contribution in [2.75, 3.05) is 0 Å². The molecule has 1 heteroatoms. The van der Waals surface area contributed by atoms with Crippen LogP contribution in [-0.2, 0) is 0 Å². The van der Waals surface area contributed by atoms with Gasteiger partial charge in [-0.15, -0.1) is 11.3 Å². The lowest BCUT2D eigenvalue weighted by atomic mass is 9.88. The Kier molecular flexibility index (Phi) is 3.17. The van der Waals surface area contributed by atoms with Crippen molar-refractivity contribution in [1.29, 1.82) is 0 Å². The van der Waals surface area contributed by atoms with Crippen LogP contribution in [0.1, 0.15) is 5.56 Å². The molecule has 0 nitrogen and oxygen atoms in total. The number of hydrogen-bond acceptors (Lipinski definition) is 1. The number of fused-ring (bicyclic) bond motifs is 3. The molecule has 0 radical (unpaired) electrons. The quantitative estimate of drug-likeness (QED) is 0.242. The molecule has 7 rings (SSSR count). The molecule has 0 saturated carbocycles. The zero-order valence-corrected chi connectivity index (χ0v) is 17.4. The van der Waals surface area contributed by atoms with Gasteiger partial charge in [0.25, 0.3) is 0 Å². The van der Waals surface area contributed by atoms with Gasteiger partial charge in [-0.1, -0.05) is 84.9 Å². The van der Waals surface area contributed by atoms with E-state index in [4.69, 9.17) is 0 Å². The Bertz CT molecular complexity index is 1750. The van der Waals surface area contributed by atoms with Gasteiger partial charge in [-0.05, 0) is 56.4 Å². The zero-order valence-electron chi connectivity index (χ0n) is 16.6. The third-order valence-electron chi connectivity index (χ3n) is 6.58. The molecule has 30 heavy (non-hydrogen) atoms. The van der Waals surface area contributed by atoms with E-state index in [1.54, 1.807) is 0 Å². The highest BCUT2D eigenvalue weighted by Crippen LogP contribution is 2.44. The topological polar surface area (TPSA) is 0 Å². The number of benzene rings is 6. The number of hydrogen-bond donors (Lipinski definition) is 0. The summed E-state index contributed by atoms with van der Waals surface area (Å²) in [5.41, 5.74) is 4.01. The average Bonchev–Trinajstić information content (AvgIpc) is 3.17. The Balaban J connectivity index is 1.66. The minimum absolute atomic E-state index is 1.32. The van der Waals surface area contributed by atoms with Crippen LogP contribution in [0, 0.1) is 6.92 Å². The Morgan fingerprint density at radius 3 is 2.10 bits per heavy atom. The fourth-order valence-corrected chi connectivity index (χ4v) is 6.37. The Hall–Kier alpha value is -3.42. The molecule has 0 aliphatic rings. The SMILES string of the molecule is Cc1ccc2ccc3c(-c4cccc5c4sc4ccccc45)ccc4ccc1c2c43. The summed E-state index contributed by atoms with van der Waals surface area (Å²) in [5.74, 6) is 0. The second kappa shape index (κ2) is 5.81. The van der Waals surface area contributed by atoms with E-state index in [1.807, 2.05) is 11.3 Å². The normalized spacial score (nSPS) is 12.2. The summed E-state index contributed by atoms with van der Waals surface area (Å²) in [4.78, 5) is 0. The molecule has 0 saturated heterocycles. The van der Waals surface area contributed by atoms with Crippen LogP contribution >= 0.6 is 11.3 Å². The van der Waals surface area contributed by atoms with Crippen LogP contribution in [0.2, 0.25) is 0 Å². The first-order valence-corrected chi connectivity index (χ1v) is 11.2. The smallest absolute Gasteiger partial charge is 0.0434 e. The fraction of sp³-hybridized carbons (Fsp3) is 0.0345. The molecule has 140 valence electrons. The number of rotatable bonds is 1. The van der Waals surface area contributed by atoms with Crippen LogP contribution < -0.4 is 0 Å². The van der Waals surface area contributed by atoms with Gasteiger partial charge >= 0.3 is 0 Å². The minimum atomic E-state index is 1.32. The van der Waals surface area contributed by atoms with Crippen molar-refractivity contribution in [3.63, 3.8) is 0 Å². The zero-order chi connectivity index (χ0) is 19.8. The summed E-state index contributed by atoms with van der Waals surface area (Å²) in [6.45, 7) is 2.21.